The number of thiophene rings is 1. The zero-order chi connectivity index (χ0) is 13.9. The summed E-state index contributed by atoms with van der Waals surface area (Å²) in [5.41, 5.74) is 0. The molecule has 3 heterocycles. The van der Waals surface area contributed by atoms with Crippen molar-refractivity contribution in [2.75, 3.05) is 20.3 Å². The Balaban J connectivity index is 1.76. The van der Waals surface area contributed by atoms with Crippen LogP contribution >= 0.6 is 11.3 Å². The van der Waals surface area contributed by atoms with E-state index in [-0.39, 0.29) is 0 Å². The molecule has 0 unspecified atom stereocenters. The molecule has 108 valence electrons. The smallest absolute Gasteiger partial charge is 0.122 e. The van der Waals surface area contributed by atoms with Gasteiger partial charge in [0.15, 0.2) is 0 Å². The van der Waals surface area contributed by atoms with Crippen molar-refractivity contribution in [2.24, 2.45) is 5.92 Å². The minimum absolute atomic E-state index is 0.525. The van der Waals surface area contributed by atoms with E-state index in [9.17, 15) is 0 Å². The molecule has 0 fully saturated rings. The molecule has 0 bridgehead atoms. The lowest BCUT2D eigenvalue weighted by Gasteiger charge is -2.22. The van der Waals surface area contributed by atoms with E-state index in [1.54, 1.807) is 7.11 Å². The van der Waals surface area contributed by atoms with Crippen molar-refractivity contribution < 1.29 is 4.74 Å². The molecule has 1 aliphatic rings. The summed E-state index contributed by atoms with van der Waals surface area (Å²) in [4.78, 5) is 9.79. The van der Waals surface area contributed by atoms with Crippen LogP contribution in [0.2, 0.25) is 0 Å². The summed E-state index contributed by atoms with van der Waals surface area (Å²) in [6.45, 7) is 6.96. The quantitative estimate of drug-likeness (QED) is 0.867. The fourth-order valence-corrected chi connectivity index (χ4v) is 3.81. The van der Waals surface area contributed by atoms with Crippen LogP contribution in [0.3, 0.4) is 0 Å². The van der Waals surface area contributed by atoms with Crippen molar-refractivity contribution in [3.8, 4) is 0 Å². The second-order valence-corrected chi connectivity index (χ2v) is 6.87. The van der Waals surface area contributed by atoms with Crippen LogP contribution in [0.25, 0.3) is 0 Å². The van der Waals surface area contributed by atoms with Gasteiger partial charge in [0.2, 0.25) is 0 Å². The molecule has 20 heavy (non-hydrogen) atoms. The fourth-order valence-electron chi connectivity index (χ4n) is 2.88. The Kier molecular flexibility index (Phi) is 4.19. The van der Waals surface area contributed by atoms with Crippen LogP contribution in [-0.2, 0) is 24.4 Å². The average Bonchev–Trinajstić information content (AvgIpc) is 2.96. The summed E-state index contributed by atoms with van der Waals surface area (Å²) < 4.78 is 7.64. The lowest BCUT2D eigenvalue weighted by molar-refractivity contribution is 0.115. The molecule has 0 saturated heterocycles. The molecule has 0 aromatic carbocycles. The molecule has 2 aromatic rings. The number of methoxy groups -OCH3 is 1. The van der Waals surface area contributed by atoms with E-state index in [2.05, 4.69) is 39.7 Å². The van der Waals surface area contributed by atoms with Gasteiger partial charge in [-0.3, -0.25) is 4.90 Å². The molecule has 0 radical (unpaired) electrons. The average molecular weight is 291 g/mol. The second-order valence-electron chi connectivity index (χ2n) is 5.50. The van der Waals surface area contributed by atoms with Crippen LogP contribution < -0.4 is 0 Å². The molecule has 1 aliphatic heterocycles. The highest BCUT2D eigenvalue weighted by atomic mass is 32.1. The van der Waals surface area contributed by atoms with Gasteiger partial charge in [-0.1, -0.05) is 0 Å². The normalized spacial score (nSPS) is 19.8. The summed E-state index contributed by atoms with van der Waals surface area (Å²) in [5, 5.41) is 0. The molecule has 0 saturated carbocycles. The monoisotopic (exact) mass is 291 g/mol. The first-order valence-corrected chi connectivity index (χ1v) is 7.83. The zero-order valence-electron chi connectivity index (χ0n) is 12.1. The van der Waals surface area contributed by atoms with Gasteiger partial charge < -0.3 is 9.30 Å². The largest absolute Gasteiger partial charge is 0.384 e. The maximum absolute atomic E-state index is 5.37. The van der Waals surface area contributed by atoms with E-state index in [0.717, 1.165) is 38.6 Å². The third-order valence-corrected chi connectivity index (χ3v) is 4.70. The van der Waals surface area contributed by atoms with Crippen molar-refractivity contribution in [1.82, 2.24) is 14.5 Å². The Morgan fingerprint density at radius 2 is 2.30 bits per heavy atom. The Labute approximate surface area is 124 Å². The second kappa shape index (κ2) is 6.08. The van der Waals surface area contributed by atoms with Crippen LogP contribution in [-0.4, -0.2) is 34.7 Å². The van der Waals surface area contributed by atoms with E-state index in [1.807, 2.05) is 17.5 Å². The number of aromatic nitrogens is 2. The van der Waals surface area contributed by atoms with Crippen molar-refractivity contribution in [2.45, 2.75) is 26.6 Å². The summed E-state index contributed by atoms with van der Waals surface area (Å²) in [6.07, 6.45) is 3.98. The molecular formula is C15H21N3OS. The van der Waals surface area contributed by atoms with Gasteiger partial charge in [0, 0.05) is 54.8 Å². The Bertz CT molecular complexity index is 563. The van der Waals surface area contributed by atoms with E-state index < -0.39 is 0 Å². The molecule has 1 atom stereocenters. The van der Waals surface area contributed by atoms with E-state index in [4.69, 9.17) is 4.74 Å². The van der Waals surface area contributed by atoms with Crippen molar-refractivity contribution >= 4 is 11.3 Å². The Hall–Kier alpha value is -1.17. The third-order valence-electron chi connectivity index (χ3n) is 3.72. The lowest BCUT2D eigenvalue weighted by atomic mass is 10.1. The summed E-state index contributed by atoms with van der Waals surface area (Å²) in [5.74, 6) is 1.69. The van der Waals surface area contributed by atoms with Gasteiger partial charge in [-0.25, -0.2) is 4.98 Å². The Morgan fingerprint density at radius 1 is 1.40 bits per heavy atom. The lowest BCUT2D eigenvalue weighted by Crippen LogP contribution is -2.29. The summed E-state index contributed by atoms with van der Waals surface area (Å²) >= 11 is 1.89. The fraction of sp³-hybridized carbons (Fsp3) is 0.533. The highest BCUT2D eigenvalue weighted by Crippen LogP contribution is 2.21. The molecule has 4 nitrogen and oxygen atoms in total. The summed E-state index contributed by atoms with van der Waals surface area (Å²) in [6, 6.07) is 4.44. The molecule has 3 rings (SSSR count). The maximum atomic E-state index is 5.37. The van der Waals surface area contributed by atoms with Gasteiger partial charge in [-0.15, -0.1) is 11.3 Å². The number of hydrogen-bond donors (Lipinski definition) is 0. The molecule has 0 spiro atoms. The standard InChI is InChI=1S/C15H21N3OS/c1-12-3-4-14(20-12)9-17-7-13(11-19-2)8-18-6-5-16-15(18)10-17/h3-6,13H,7-11H2,1-2H3/t13-/m1/s1. The van der Waals surface area contributed by atoms with Gasteiger partial charge in [-0.2, -0.15) is 0 Å². The van der Waals surface area contributed by atoms with Crippen molar-refractivity contribution in [1.29, 1.82) is 0 Å². The molecule has 5 heteroatoms. The number of fused-ring (bicyclic) bond motifs is 1. The first-order chi connectivity index (χ1) is 9.74. The van der Waals surface area contributed by atoms with E-state index >= 15 is 0 Å². The minimum Gasteiger partial charge on any atom is -0.384 e. The van der Waals surface area contributed by atoms with Crippen molar-refractivity contribution in [3.05, 3.63) is 40.1 Å². The topological polar surface area (TPSA) is 30.3 Å². The predicted molar refractivity (Wildman–Crippen MR) is 80.8 cm³/mol. The first kappa shape index (κ1) is 13.8. The SMILES string of the molecule is COC[C@@H]1CN(Cc2ccc(C)s2)Cc2nccn2C1. The predicted octanol–water partition coefficient (Wildman–Crippen LogP) is 2.53. The first-order valence-electron chi connectivity index (χ1n) is 7.01. The van der Waals surface area contributed by atoms with Gasteiger partial charge in [0.1, 0.15) is 5.82 Å². The number of ether oxygens (including phenoxy) is 1. The molecule has 2 aromatic heterocycles. The molecule has 0 aliphatic carbocycles. The number of imidazole rings is 1. The molecular weight excluding hydrogens is 270 g/mol. The van der Waals surface area contributed by atoms with E-state index in [0.29, 0.717) is 5.92 Å². The van der Waals surface area contributed by atoms with Gasteiger partial charge >= 0.3 is 0 Å². The van der Waals surface area contributed by atoms with Crippen molar-refractivity contribution in [3.63, 3.8) is 0 Å². The Morgan fingerprint density at radius 3 is 3.05 bits per heavy atom. The molecule has 0 N–H and O–H groups in total. The van der Waals surface area contributed by atoms with Gasteiger partial charge in [-0.05, 0) is 19.1 Å². The zero-order valence-corrected chi connectivity index (χ0v) is 12.9. The highest BCUT2D eigenvalue weighted by Gasteiger charge is 2.22. The highest BCUT2D eigenvalue weighted by molar-refractivity contribution is 7.11. The van der Waals surface area contributed by atoms with E-state index in [1.165, 1.54) is 9.75 Å². The number of nitrogens with zero attached hydrogens (tertiary/aromatic N) is 3. The van der Waals surface area contributed by atoms with Crippen LogP contribution in [0.4, 0.5) is 0 Å². The number of aryl methyl sites for hydroxylation is 1. The summed E-state index contributed by atoms with van der Waals surface area (Å²) in [7, 11) is 1.78. The third kappa shape index (κ3) is 3.11. The number of hydrogen-bond acceptors (Lipinski definition) is 4. The minimum atomic E-state index is 0.525. The maximum Gasteiger partial charge on any atom is 0.122 e. The van der Waals surface area contributed by atoms with Crippen LogP contribution in [0, 0.1) is 12.8 Å². The van der Waals surface area contributed by atoms with Gasteiger partial charge in [0.25, 0.3) is 0 Å². The number of rotatable bonds is 4. The van der Waals surface area contributed by atoms with Crippen LogP contribution in [0.5, 0.6) is 0 Å². The van der Waals surface area contributed by atoms with Crippen LogP contribution in [0.15, 0.2) is 24.5 Å². The van der Waals surface area contributed by atoms with Crippen LogP contribution in [0.1, 0.15) is 15.6 Å². The van der Waals surface area contributed by atoms with Gasteiger partial charge in [0.05, 0.1) is 13.2 Å². The molecule has 0 amide bonds.